The predicted octanol–water partition coefficient (Wildman–Crippen LogP) is 3.63. The van der Waals surface area contributed by atoms with E-state index in [4.69, 9.17) is 4.74 Å². The summed E-state index contributed by atoms with van der Waals surface area (Å²) in [4.78, 5) is 4.19. The molecule has 0 aliphatic heterocycles. The number of nitrogens with one attached hydrogen (secondary N) is 1. The zero-order chi connectivity index (χ0) is 15.2. The Morgan fingerprint density at radius 3 is 2.76 bits per heavy atom. The van der Waals surface area contributed by atoms with E-state index in [0.29, 0.717) is 17.9 Å². The summed E-state index contributed by atoms with van der Waals surface area (Å²) in [6.07, 6.45) is 4.35. The monoisotopic (exact) mass is 288 g/mol. The van der Waals surface area contributed by atoms with Crippen LogP contribution in [-0.2, 0) is 0 Å². The number of pyridine rings is 1. The van der Waals surface area contributed by atoms with Crippen molar-refractivity contribution in [3.63, 3.8) is 0 Å². The Bertz CT molecular complexity index is 601. The Balaban J connectivity index is 2.32. The van der Waals surface area contributed by atoms with Crippen LogP contribution in [0, 0.1) is 12.7 Å². The van der Waals surface area contributed by atoms with Gasteiger partial charge in [-0.2, -0.15) is 0 Å². The Morgan fingerprint density at radius 2 is 2.10 bits per heavy atom. The SMILES string of the molecule is CCCOc1cncc(C(NC)c2ccc(C)cc2F)c1. The van der Waals surface area contributed by atoms with Gasteiger partial charge in [0.2, 0.25) is 0 Å². The van der Waals surface area contributed by atoms with Crippen LogP contribution in [0.25, 0.3) is 0 Å². The minimum Gasteiger partial charge on any atom is -0.492 e. The van der Waals surface area contributed by atoms with Crippen LogP contribution in [0.1, 0.15) is 36.1 Å². The normalized spacial score (nSPS) is 12.2. The summed E-state index contributed by atoms with van der Waals surface area (Å²) in [7, 11) is 1.81. The number of hydrogen-bond acceptors (Lipinski definition) is 3. The lowest BCUT2D eigenvalue weighted by molar-refractivity contribution is 0.315. The van der Waals surface area contributed by atoms with Gasteiger partial charge in [0.05, 0.1) is 18.8 Å². The molecule has 0 aliphatic rings. The van der Waals surface area contributed by atoms with E-state index in [0.717, 1.165) is 17.5 Å². The van der Waals surface area contributed by atoms with E-state index in [1.54, 1.807) is 18.5 Å². The van der Waals surface area contributed by atoms with Gasteiger partial charge in [-0.05, 0) is 43.7 Å². The smallest absolute Gasteiger partial charge is 0.137 e. The number of nitrogens with zero attached hydrogens (tertiary/aromatic N) is 1. The average Bonchev–Trinajstić information content (AvgIpc) is 2.48. The third-order valence-electron chi connectivity index (χ3n) is 3.30. The minimum atomic E-state index is -0.247. The highest BCUT2D eigenvalue weighted by molar-refractivity contribution is 5.36. The Hall–Kier alpha value is -1.94. The van der Waals surface area contributed by atoms with Gasteiger partial charge in [-0.15, -0.1) is 0 Å². The standard InChI is InChI=1S/C17H21FN2O/c1-4-7-21-14-9-13(10-20-11-14)17(19-3)15-6-5-12(2)8-16(15)18/h5-6,8-11,17,19H,4,7H2,1-3H3. The summed E-state index contributed by atoms with van der Waals surface area (Å²) in [5.41, 5.74) is 2.40. The number of aryl methyl sites for hydroxylation is 1. The molecule has 1 heterocycles. The van der Waals surface area contributed by atoms with Crippen molar-refractivity contribution in [2.75, 3.05) is 13.7 Å². The van der Waals surface area contributed by atoms with E-state index >= 15 is 0 Å². The molecule has 0 spiro atoms. The number of aromatic nitrogens is 1. The van der Waals surface area contributed by atoms with Gasteiger partial charge in [0.15, 0.2) is 0 Å². The molecule has 21 heavy (non-hydrogen) atoms. The fraction of sp³-hybridized carbons (Fsp3) is 0.353. The highest BCUT2D eigenvalue weighted by Gasteiger charge is 2.17. The molecule has 2 rings (SSSR count). The molecule has 0 aliphatic carbocycles. The van der Waals surface area contributed by atoms with Crippen molar-refractivity contribution in [3.8, 4) is 5.75 Å². The van der Waals surface area contributed by atoms with Crippen molar-refractivity contribution in [1.29, 1.82) is 0 Å². The summed E-state index contributed by atoms with van der Waals surface area (Å²) in [5, 5.41) is 3.14. The van der Waals surface area contributed by atoms with E-state index in [1.807, 2.05) is 32.2 Å². The molecule has 1 N–H and O–H groups in total. The number of rotatable bonds is 6. The van der Waals surface area contributed by atoms with Crippen molar-refractivity contribution in [2.45, 2.75) is 26.3 Å². The second-order valence-electron chi connectivity index (χ2n) is 5.05. The number of halogens is 1. The summed E-state index contributed by atoms with van der Waals surface area (Å²) >= 11 is 0. The molecule has 0 saturated heterocycles. The van der Waals surface area contributed by atoms with Crippen LogP contribution in [-0.4, -0.2) is 18.6 Å². The maximum Gasteiger partial charge on any atom is 0.137 e. The van der Waals surface area contributed by atoms with Crippen molar-refractivity contribution >= 4 is 0 Å². The Kier molecular flexibility index (Phi) is 5.28. The lowest BCUT2D eigenvalue weighted by atomic mass is 9.98. The van der Waals surface area contributed by atoms with E-state index in [9.17, 15) is 4.39 Å². The van der Waals surface area contributed by atoms with Crippen LogP contribution in [0.5, 0.6) is 5.75 Å². The molecule has 112 valence electrons. The van der Waals surface area contributed by atoms with Crippen LogP contribution < -0.4 is 10.1 Å². The Labute approximate surface area is 125 Å². The van der Waals surface area contributed by atoms with Gasteiger partial charge in [-0.1, -0.05) is 19.1 Å². The topological polar surface area (TPSA) is 34.1 Å². The highest BCUT2D eigenvalue weighted by atomic mass is 19.1. The summed E-state index contributed by atoms with van der Waals surface area (Å²) in [6, 6.07) is 6.93. The molecule has 1 atom stereocenters. The molecule has 0 saturated carbocycles. The van der Waals surface area contributed by atoms with Crippen LogP contribution in [0.2, 0.25) is 0 Å². The molecule has 3 nitrogen and oxygen atoms in total. The van der Waals surface area contributed by atoms with E-state index in [2.05, 4.69) is 17.2 Å². The summed E-state index contributed by atoms with van der Waals surface area (Å²) < 4.78 is 19.8. The lowest BCUT2D eigenvalue weighted by Crippen LogP contribution is -2.19. The first-order valence-corrected chi connectivity index (χ1v) is 7.16. The molecule has 1 aromatic heterocycles. The van der Waals surface area contributed by atoms with E-state index in [-0.39, 0.29) is 11.9 Å². The molecule has 0 fully saturated rings. The van der Waals surface area contributed by atoms with Gasteiger partial charge < -0.3 is 10.1 Å². The van der Waals surface area contributed by atoms with Gasteiger partial charge in [0.25, 0.3) is 0 Å². The molecule has 1 aromatic carbocycles. The number of hydrogen-bond donors (Lipinski definition) is 1. The fourth-order valence-corrected chi connectivity index (χ4v) is 2.26. The predicted molar refractivity (Wildman–Crippen MR) is 82.1 cm³/mol. The largest absolute Gasteiger partial charge is 0.492 e. The van der Waals surface area contributed by atoms with Crippen LogP contribution in [0.15, 0.2) is 36.7 Å². The van der Waals surface area contributed by atoms with E-state index < -0.39 is 0 Å². The van der Waals surface area contributed by atoms with Crippen LogP contribution in [0.3, 0.4) is 0 Å². The first-order chi connectivity index (χ1) is 10.2. The van der Waals surface area contributed by atoms with E-state index in [1.165, 1.54) is 0 Å². The molecule has 0 radical (unpaired) electrons. The zero-order valence-electron chi connectivity index (χ0n) is 12.7. The van der Waals surface area contributed by atoms with Gasteiger partial charge in [-0.3, -0.25) is 4.98 Å². The second-order valence-corrected chi connectivity index (χ2v) is 5.05. The van der Waals surface area contributed by atoms with Crippen molar-refractivity contribution in [2.24, 2.45) is 0 Å². The number of benzene rings is 1. The zero-order valence-corrected chi connectivity index (χ0v) is 12.7. The van der Waals surface area contributed by atoms with Crippen molar-refractivity contribution < 1.29 is 9.13 Å². The van der Waals surface area contributed by atoms with Crippen molar-refractivity contribution in [1.82, 2.24) is 10.3 Å². The number of ether oxygens (including phenoxy) is 1. The maximum absolute atomic E-state index is 14.2. The van der Waals surface area contributed by atoms with Gasteiger partial charge in [-0.25, -0.2) is 4.39 Å². The molecular weight excluding hydrogens is 267 g/mol. The molecule has 0 bridgehead atoms. The van der Waals surface area contributed by atoms with Gasteiger partial charge >= 0.3 is 0 Å². The molecule has 1 unspecified atom stereocenters. The van der Waals surface area contributed by atoms with Gasteiger partial charge in [0, 0.05) is 11.8 Å². The molecule has 0 amide bonds. The minimum absolute atomic E-state index is 0.214. The van der Waals surface area contributed by atoms with Crippen LogP contribution >= 0.6 is 0 Å². The van der Waals surface area contributed by atoms with Gasteiger partial charge in [0.1, 0.15) is 11.6 Å². The third kappa shape index (κ3) is 3.79. The van der Waals surface area contributed by atoms with Crippen LogP contribution in [0.4, 0.5) is 4.39 Å². The fourth-order valence-electron chi connectivity index (χ4n) is 2.26. The quantitative estimate of drug-likeness (QED) is 0.881. The second kappa shape index (κ2) is 7.18. The summed E-state index contributed by atoms with van der Waals surface area (Å²) in [5.74, 6) is 0.497. The van der Waals surface area contributed by atoms with Crippen molar-refractivity contribution in [3.05, 3.63) is 59.2 Å². The molecule has 2 aromatic rings. The maximum atomic E-state index is 14.2. The summed E-state index contributed by atoms with van der Waals surface area (Å²) in [6.45, 7) is 4.58. The first kappa shape index (κ1) is 15.4. The molecular formula is C17H21FN2O. The molecule has 4 heteroatoms. The average molecular weight is 288 g/mol. The lowest BCUT2D eigenvalue weighted by Gasteiger charge is -2.18. The Morgan fingerprint density at radius 1 is 1.29 bits per heavy atom. The third-order valence-corrected chi connectivity index (χ3v) is 3.30. The highest BCUT2D eigenvalue weighted by Crippen LogP contribution is 2.26. The first-order valence-electron chi connectivity index (χ1n) is 7.16.